The maximum absolute atomic E-state index is 4.82. The number of aliphatic imine (C=N–C) groups is 1. The van der Waals surface area contributed by atoms with Crippen LogP contribution < -0.4 is 5.32 Å². The predicted molar refractivity (Wildman–Crippen MR) is 119 cm³/mol. The Bertz CT molecular complexity index is 666. The monoisotopic (exact) mass is 472 g/mol. The Morgan fingerprint density at radius 2 is 1.96 bits per heavy atom. The molecule has 1 N–H and O–H groups in total. The first kappa shape index (κ1) is 21.9. The van der Waals surface area contributed by atoms with E-state index in [0.29, 0.717) is 5.92 Å². The molecule has 0 aliphatic heterocycles. The van der Waals surface area contributed by atoms with E-state index in [4.69, 9.17) is 4.99 Å². The van der Waals surface area contributed by atoms with Gasteiger partial charge in [-0.3, -0.25) is 4.99 Å². The van der Waals surface area contributed by atoms with Crippen LogP contribution in [0.2, 0.25) is 0 Å². The van der Waals surface area contributed by atoms with Gasteiger partial charge in [-0.25, -0.2) is 4.98 Å². The number of guanidine groups is 1. The molecule has 2 aromatic rings. The van der Waals surface area contributed by atoms with Crippen molar-refractivity contribution in [3.63, 3.8) is 0 Å². The quantitative estimate of drug-likeness (QED) is 0.380. The summed E-state index contributed by atoms with van der Waals surface area (Å²) < 4.78 is 0. The predicted octanol–water partition coefficient (Wildman–Crippen LogP) is 4.58. The van der Waals surface area contributed by atoms with E-state index < -0.39 is 0 Å². The number of aryl methyl sites for hydroxylation is 2. The highest BCUT2D eigenvalue weighted by Gasteiger charge is 2.10. The lowest BCUT2D eigenvalue weighted by Gasteiger charge is -2.22. The highest BCUT2D eigenvalue weighted by Crippen LogP contribution is 2.16. The van der Waals surface area contributed by atoms with Crippen LogP contribution in [0.5, 0.6) is 0 Å². The molecular formula is C19H29IN4S. The molecule has 2 rings (SSSR count). The number of aromatic nitrogens is 1. The Hall–Kier alpha value is -1.15. The van der Waals surface area contributed by atoms with E-state index in [1.807, 2.05) is 6.92 Å². The van der Waals surface area contributed by atoms with Crippen LogP contribution >= 0.6 is 35.3 Å². The van der Waals surface area contributed by atoms with Gasteiger partial charge in [-0.05, 0) is 26.3 Å². The summed E-state index contributed by atoms with van der Waals surface area (Å²) in [5.41, 5.74) is 3.72. The largest absolute Gasteiger partial charge is 0.357 e. The summed E-state index contributed by atoms with van der Waals surface area (Å²) >= 11 is 1.69. The Balaban J connectivity index is 0.00000312. The molecule has 1 aromatic carbocycles. The zero-order valence-corrected chi connectivity index (χ0v) is 18.9. The number of benzene rings is 1. The molecule has 25 heavy (non-hydrogen) atoms. The third-order valence-corrected chi connectivity index (χ3v) is 4.75. The summed E-state index contributed by atoms with van der Waals surface area (Å²) in [5.74, 6) is 1.33. The van der Waals surface area contributed by atoms with Crippen LogP contribution in [0, 0.1) is 13.8 Å². The first-order chi connectivity index (χ1) is 11.5. The second-order valence-corrected chi connectivity index (χ2v) is 7.28. The van der Waals surface area contributed by atoms with Crippen molar-refractivity contribution in [2.45, 2.75) is 40.2 Å². The summed E-state index contributed by atoms with van der Waals surface area (Å²) in [6.07, 6.45) is 0. The van der Waals surface area contributed by atoms with Gasteiger partial charge in [-0.15, -0.1) is 35.3 Å². The number of hydrogen-bond donors (Lipinski definition) is 1. The van der Waals surface area contributed by atoms with Gasteiger partial charge in [-0.1, -0.05) is 36.8 Å². The van der Waals surface area contributed by atoms with Crippen molar-refractivity contribution < 1.29 is 0 Å². The molecule has 0 saturated carbocycles. The number of nitrogens with zero attached hydrogens (tertiary/aromatic N) is 3. The summed E-state index contributed by atoms with van der Waals surface area (Å²) in [5, 5.41) is 6.60. The minimum atomic E-state index is 0. The second-order valence-electron chi connectivity index (χ2n) is 6.22. The van der Waals surface area contributed by atoms with Crippen molar-refractivity contribution in [1.82, 2.24) is 15.2 Å². The van der Waals surface area contributed by atoms with E-state index in [-0.39, 0.29) is 24.0 Å². The molecule has 0 saturated heterocycles. The highest BCUT2D eigenvalue weighted by atomic mass is 127. The van der Waals surface area contributed by atoms with E-state index in [1.165, 1.54) is 11.1 Å². The van der Waals surface area contributed by atoms with Crippen LogP contribution in [0.15, 0.2) is 34.6 Å². The smallest absolute Gasteiger partial charge is 0.194 e. The first-order valence-corrected chi connectivity index (χ1v) is 9.34. The molecule has 0 spiro atoms. The lowest BCUT2D eigenvalue weighted by Crippen LogP contribution is -2.38. The maximum atomic E-state index is 4.82. The molecule has 1 aromatic heterocycles. The van der Waals surface area contributed by atoms with Gasteiger partial charge in [0.05, 0.1) is 17.2 Å². The van der Waals surface area contributed by atoms with E-state index in [0.717, 1.165) is 36.3 Å². The molecule has 138 valence electrons. The van der Waals surface area contributed by atoms with Crippen LogP contribution in [-0.4, -0.2) is 36.0 Å². The van der Waals surface area contributed by atoms with Gasteiger partial charge < -0.3 is 10.2 Å². The Morgan fingerprint density at radius 1 is 1.28 bits per heavy atom. The zero-order valence-electron chi connectivity index (χ0n) is 15.7. The number of rotatable bonds is 6. The summed E-state index contributed by atoms with van der Waals surface area (Å²) in [7, 11) is 2.06. The SMILES string of the molecule is CCNC(=NCC(C)c1ccc(C)cc1)N(C)Cc1csc(C)n1.I. The van der Waals surface area contributed by atoms with Gasteiger partial charge in [0, 0.05) is 31.4 Å². The lowest BCUT2D eigenvalue weighted by atomic mass is 10.0. The molecule has 0 aliphatic carbocycles. The van der Waals surface area contributed by atoms with Gasteiger partial charge in [0.25, 0.3) is 0 Å². The average Bonchev–Trinajstić information content (AvgIpc) is 2.96. The van der Waals surface area contributed by atoms with Crippen molar-refractivity contribution in [2.75, 3.05) is 20.1 Å². The zero-order chi connectivity index (χ0) is 17.5. The van der Waals surface area contributed by atoms with Gasteiger partial charge >= 0.3 is 0 Å². The fourth-order valence-corrected chi connectivity index (χ4v) is 3.10. The molecule has 0 amide bonds. The molecule has 1 heterocycles. The third kappa shape index (κ3) is 6.93. The van der Waals surface area contributed by atoms with Crippen molar-refractivity contribution in [3.05, 3.63) is 51.5 Å². The van der Waals surface area contributed by atoms with Crippen molar-refractivity contribution in [3.8, 4) is 0 Å². The Kier molecular flexibility index (Phi) is 9.42. The van der Waals surface area contributed by atoms with E-state index in [9.17, 15) is 0 Å². The van der Waals surface area contributed by atoms with Crippen LogP contribution in [0.1, 0.15) is 41.6 Å². The summed E-state index contributed by atoms with van der Waals surface area (Å²) in [4.78, 5) is 11.5. The topological polar surface area (TPSA) is 40.5 Å². The molecular weight excluding hydrogens is 443 g/mol. The molecule has 4 nitrogen and oxygen atoms in total. The fourth-order valence-electron chi connectivity index (χ4n) is 2.49. The van der Waals surface area contributed by atoms with E-state index in [1.54, 1.807) is 11.3 Å². The van der Waals surface area contributed by atoms with Crippen molar-refractivity contribution in [1.29, 1.82) is 0 Å². The number of halogens is 1. The molecule has 0 radical (unpaired) electrons. The lowest BCUT2D eigenvalue weighted by molar-refractivity contribution is 0.470. The second kappa shape index (κ2) is 10.8. The molecule has 0 bridgehead atoms. The number of hydrogen-bond acceptors (Lipinski definition) is 3. The number of nitrogens with one attached hydrogen (secondary N) is 1. The van der Waals surface area contributed by atoms with Gasteiger partial charge in [0.1, 0.15) is 0 Å². The molecule has 6 heteroatoms. The Labute approximate surface area is 172 Å². The molecule has 1 atom stereocenters. The number of thiazole rings is 1. The first-order valence-electron chi connectivity index (χ1n) is 8.46. The van der Waals surface area contributed by atoms with Crippen LogP contribution in [0.4, 0.5) is 0 Å². The van der Waals surface area contributed by atoms with Gasteiger partial charge in [0.15, 0.2) is 5.96 Å². The molecule has 1 unspecified atom stereocenters. The van der Waals surface area contributed by atoms with Crippen LogP contribution in [0.25, 0.3) is 0 Å². The normalized spacial score (nSPS) is 12.4. The van der Waals surface area contributed by atoms with E-state index >= 15 is 0 Å². The summed E-state index contributed by atoms with van der Waals surface area (Å²) in [6.45, 7) is 10.9. The molecule has 0 aliphatic rings. The van der Waals surface area contributed by atoms with Gasteiger partial charge in [0.2, 0.25) is 0 Å². The van der Waals surface area contributed by atoms with Crippen LogP contribution in [-0.2, 0) is 6.54 Å². The fraction of sp³-hybridized carbons (Fsp3) is 0.474. The van der Waals surface area contributed by atoms with Crippen molar-refractivity contribution >= 4 is 41.3 Å². The summed E-state index contributed by atoms with van der Waals surface area (Å²) in [6, 6.07) is 8.73. The minimum Gasteiger partial charge on any atom is -0.357 e. The molecule has 0 fully saturated rings. The van der Waals surface area contributed by atoms with Crippen molar-refractivity contribution in [2.24, 2.45) is 4.99 Å². The highest BCUT2D eigenvalue weighted by molar-refractivity contribution is 14.0. The maximum Gasteiger partial charge on any atom is 0.194 e. The van der Waals surface area contributed by atoms with E-state index in [2.05, 4.69) is 72.7 Å². The van der Waals surface area contributed by atoms with Crippen LogP contribution in [0.3, 0.4) is 0 Å². The Morgan fingerprint density at radius 3 is 2.52 bits per heavy atom. The third-order valence-electron chi connectivity index (χ3n) is 3.92. The van der Waals surface area contributed by atoms with Gasteiger partial charge in [-0.2, -0.15) is 0 Å². The average molecular weight is 472 g/mol. The minimum absolute atomic E-state index is 0. The standard InChI is InChI=1S/C19H28N4S.HI/c1-6-20-19(23(5)12-18-13-24-16(4)22-18)21-11-15(3)17-9-7-14(2)8-10-17;/h7-10,13,15H,6,11-12H2,1-5H3,(H,20,21);1H.